The van der Waals surface area contributed by atoms with E-state index in [1.54, 1.807) is 47.9 Å². The number of urea groups is 1. The van der Waals surface area contributed by atoms with Crippen molar-refractivity contribution in [2.75, 3.05) is 31.5 Å². The molecule has 1 aliphatic rings. The molecule has 0 radical (unpaired) electrons. The minimum atomic E-state index is -0.997. The maximum Gasteiger partial charge on any atom is 0.321 e. The second kappa shape index (κ2) is 11.3. The van der Waals surface area contributed by atoms with E-state index in [1.807, 2.05) is 0 Å². The van der Waals surface area contributed by atoms with Crippen LogP contribution in [0.3, 0.4) is 0 Å². The SMILES string of the molecule is CC(C)C(NC(=O)c1c(F)cccc1F)C(=O)N1CCCN(C(=O)Nc2cccc(Cl)c2)CC1. The van der Waals surface area contributed by atoms with Gasteiger partial charge in [-0.2, -0.15) is 0 Å². The largest absolute Gasteiger partial charge is 0.340 e. The summed E-state index contributed by atoms with van der Waals surface area (Å²) in [6, 6.07) is 8.67. The first kappa shape index (κ1) is 25.4. The third kappa shape index (κ3) is 6.22. The van der Waals surface area contributed by atoms with Crippen molar-refractivity contribution in [1.29, 1.82) is 0 Å². The molecule has 0 saturated carbocycles. The van der Waals surface area contributed by atoms with Crippen molar-refractivity contribution < 1.29 is 23.2 Å². The number of rotatable bonds is 5. The molecule has 2 aromatic rings. The molecule has 34 heavy (non-hydrogen) atoms. The maximum atomic E-state index is 14.0. The van der Waals surface area contributed by atoms with Crippen molar-refractivity contribution in [1.82, 2.24) is 15.1 Å². The molecule has 182 valence electrons. The molecule has 4 amide bonds. The van der Waals surface area contributed by atoms with Gasteiger partial charge in [-0.15, -0.1) is 0 Å². The van der Waals surface area contributed by atoms with Crippen LogP contribution in [-0.2, 0) is 4.79 Å². The van der Waals surface area contributed by atoms with E-state index in [-0.39, 0.29) is 24.4 Å². The second-order valence-electron chi connectivity index (χ2n) is 8.40. The van der Waals surface area contributed by atoms with Crippen LogP contribution in [0.4, 0.5) is 19.3 Å². The number of anilines is 1. The summed E-state index contributed by atoms with van der Waals surface area (Å²) in [5.74, 6) is -3.67. The van der Waals surface area contributed by atoms with Crippen LogP contribution in [0, 0.1) is 17.6 Å². The quantitative estimate of drug-likeness (QED) is 0.658. The van der Waals surface area contributed by atoms with Crippen molar-refractivity contribution in [3.05, 3.63) is 64.7 Å². The minimum Gasteiger partial charge on any atom is -0.340 e. The highest BCUT2D eigenvalue weighted by atomic mass is 35.5. The van der Waals surface area contributed by atoms with Gasteiger partial charge in [0.2, 0.25) is 5.91 Å². The van der Waals surface area contributed by atoms with Crippen molar-refractivity contribution in [2.45, 2.75) is 26.3 Å². The van der Waals surface area contributed by atoms with Gasteiger partial charge in [-0.1, -0.05) is 37.6 Å². The first-order valence-corrected chi connectivity index (χ1v) is 11.4. The van der Waals surface area contributed by atoms with Gasteiger partial charge in [0, 0.05) is 36.9 Å². The van der Waals surface area contributed by atoms with E-state index in [9.17, 15) is 23.2 Å². The van der Waals surface area contributed by atoms with Crippen molar-refractivity contribution in [2.24, 2.45) is 5.92 Å². The lowest BCUT2D eigenvalue weighted by molar-refractivity contribution is -0.134. The topological polar surface area (TPSA) is 81.8 Å². The van der Waals surface area contributed by atoms with Gasteiger partial charge in [-0.05, 0) is 42.7 Å². The van der Waals surface area contributed by atoms with Crippen LogP contribution >= 0.6 is 11.6 Å². The number of hydrogen-bond donors (Lipinski definition) is 2. The molecule has 0 bridgehead atoms. The zero-order valence-electron chi connectivity index (χ0n) is 19.0. The highest BCUT2D eigenvalue weighted by Crippen LogP contribution is 2.17. The van der Waals surface area contributed by atoms with Gasteiger partial charge in [0.05, 0.1) is 0 Å². The fourth-order valence-electron chi connectivity index (χ4n) is 3.75. The van der Waals surface area contributed by atoms with Crippen LogP contribution in [0.2, 0.25) is 5.02 Å². The van der Waals surface area contributed by atoms with Gasteiger partial charge >= 0.3 is 6.03 Å². The van der Waals surface area contributed by atoms with Gasteiger partial charge in [0.15, 0.2) is 0 Å². The van der Waals surface area contributed by atoms with E-state index in [4.69, 9.17) is 11.6 Å². The Morgan fingerprint density at radius 1 is 0.941 bits per heavy atom. The average Bonchev–Trinajstić information content (AvgIpc) is 3.03. The Morgan fingerprint density at radius 3 is 2.21 bits per heavy atom. The van der Waals surface area contributed by atoms with Crippen LogP contribution in [0.5, 0.6) is 0 Å². The van der Waals surface area contributed by atoms with E-state index >= 15 is 0 Å². The number of amides is 4. The summed E-state index contributed by atoms with van der Waals surface area (Å²) < 4.78 is 28.0. The molecule has 7 nitrogen and oxygen atoms in total. The number of carbonyl (C=O) groups excluding carboxylic acids is 3. The van der Waals surface area contributed by atoms with Gasteiger partial charge in [0.25, 0.3) is 5.91 Å². The molecule has 1 saturated heterocycles. The van der Waals surface area contributed by atoms with E-state index in [0.717, 1.165) is 18.2 Å². The lowest BCUT2D eigenvalue weighted by atomic mass is 10.0. The maximum absolute atomic E-state index is 14.0. The Hall–Kier alpha value is -3.20. The van der Waals surface area contributed by atoms with Crippen LogP contribution in [0.25, 0.3) is 0 Å². The summed E-state index contributed by atoms with van der Waals surface area (Å²) >= 11 is 5.96. The standard InChI is InChI=1S/C24H27ClF2N4O3/c1-15(2)21(29-22(32)20-18(26)8-4-9-19(20)27)23(33)30-10-5-11-31(13-12-30)24(34)28-17-7-3-6-16(25)14-17/h3-4,6-9,14-15,21H,5,10-13H2,1-2H3,(H,28,34)(H,29,32). The summed E-state index contributed by atoms with van der Waals surface area (Å²) in [6.07, 6.45) is 0.537. The number of halogens is 3. The highest BCUT2D eigenvalue weighted by Gasteiger charge is 2.32. The van der Waals surface area contributed by atoms with Crippen LogP contribution in [-0.4, -0.2) is 59.9 Å². The molecule has 3 rings (SSSR count). The Bertz CT molecular complexity index is 1050. The van der Waals surface area contributed by atoms with E-state index in [0.29, 0.717) is 36.8 Å². The van der Waals surface area contributed by atoms with Crippen molar-refractivity contribution in [3.8, 4) is 0 Å². The third-order valence-corrected chi connectivity index (χ3v) is 5.81. The Kier molecular flexibility index (Phi) is 8.44. The molecule has 1 aliphatic heterocycles. The van der Waals surface area contributed by atoms with E-state index in [2.05, 4.69) is 10.6 Å². The third-order valence-electron chi connectivity index (χ3n) is 5.58. The summed E-state index contributed by atoms with van der Waals surface area (Å²) in [5.41, 5.74) is -0.154. The Morgan fingerprint density at radius 2 is 1.56 bits per heavy atom. The predicted molar refractivity (Wildman–Crippen MR) is 126 cm³/mol. The number of benzene rings is 2. The smallest absolute Gasteiger partial charge is 0.321 e. The number of carbonyl (C=O) groups is 3. The fourth-order valence-corrected chi connectivity index (χ4v) is 3.94. The number of nitrogens with one attached hydrogen (secondary N) is 2. The molecule has 1 unspecified atom stereocenters. The van der Waals surface area contributed by atoms with Crippen LogP contribution < -0.4 is 10.6 Å². The summed E-state index contributed by atoms with van der Waals surface area (Å²) in [5, 5.41) is 5.78. The van der Waals surface area contributed by atoms with Gasteiger partial charge in [-0.3, -0.25) is 9.59 Å². The minimum absolute atomic E-state index is 0.259. The molecule has 0 spiro atoms. The molecule has 2 N–H and O–H groups in total. The number of hydrogen-bond acceptors (Lipinski definition) is 3. The Labute approximate surface area is 202 Å². The van der Waals surface area contributed by atoms with Gasteiger partial charge in [-0.25, -0.2) is 13.6 Å². The fraction of sp³-hybridized carbons (Fsp3) is 0.375. The monoisotopic (exact) mass is 492 g/mol. The molecular formula is C24H27ClF2N4O3. The lowest BCUT2D eigenvalue weighted by Crippen LogP contribution is -2.52. The summed E-state index contributed by atoms with van der Waals surface area (Å²) in [4.78, 5) is 41.6. The number of nitrogens with zero attached hydrogens (tertiary/aromatic N) is 2. The van der Waals surface area contributed by atoms with Crippen LogP contribution in [0.1, 0.15) is 30.6 Å². The predicted octanol–water partition coefficient (Wildman–Crippen LogP) is 4.14. The zero-order chi connectivity index (χ0) is 24.8. The second-order valence-corrected chi connectivity index (χ2v) is 8.83. The van der Waals surface area contributed by atoms with E-state index < -0.39 is 29.1 Å². The normalized spacial score (nSPS) is 15.0. The first-order valence-electron chi connectivity index (χ1n) is 11.0. The summed E-state index contributed by atoms with van der Waals surface area (Å²) in [7, 11) is 0. The lowest BCUT2D eigenvalue weighted by Gasteiger charge is -2.29. The van der Waals surface area contributed by atoms with Gasteiger partial charge in [0.1, 0.15) is 23.2 Å². The molecule has 1 atom stereocenters. The van der Waals surface area contributed by atoms with Gasteiger partial charge < -0.3 is 20.4 Å². The highest BCUT2D eigenvalue weighted by molar-refractivity contribution is 6.30. The molecule has 1 heterocycles. The van der Waals surface area contributed by atoms with Crippen molar-refractivity contribution in [3.63, 3.8) is 0 Å². The average molecular weight is 493 g/mol. The molecule has 0 aromatic heterocycles. The molecule has 0 aliphatic carbocycles. The molecule has 1 fully saturated rings. The summed E-state index contributed by atoms with van der Waals surface area (Å²) in [6.45, 7) is 4.85. The van der Waals surface area contributed by atoms with Crippen LogP contribution in [0.15, 0.2) is 42.5 Å². The molecular weight excluding hydrogens is 466 g/mol. The van der Waals surface area contributed by atoms with Crippen molar-refractivity contribution >= 4 is 35.1 Å². The molecule has 2 aromatic carbocycles. The zero-order valence-corrected chi connectivity index (χ0v) is 19.7. The first-order chi connectivity index (χ1) is 16.2. The molecule has 10 heteroatoms. The van der Waals surface area contributed by atoms with E-state index in [1.165, 1.54) is 0 Å². The Balaban J connectivity index is 1.64.